The molecule has 1 aromatic carbocycles. The van der Waals surface area contributed by atoms with E-state index in [1.54, 1.807) is 6.07 Å². The molecule has 1 aromatic rings. The quantitative estimate of drug-likeness (QED) is 0.526. The molecule has 0 fully saturated rings. The zero-order chi connectivity index (χ0) is 9.14. The summed E-state index contributed by atoms with van der Waals surface area (Å²) in [6.07, 6.45) is 0.766. The van der Waals surface area contributed by atoms with Crippen molar-refractivity contribution in [3.05, 3.63) is 23.8 Å². The van der Waals surface area contributed by atoms with Crippen molar-refractivity contribution < 1.29 is 4.79 Å². The van der Waals surface area contributed by atoms with Crippen molar-refractivity contribution >= 4 is 17.7 Å². The van der Waals surface area contributed by atoms with Gasteiger partial charge in [-0.2, -0.15) is 0 Å². The molecule has 0 saturated carbocycles. The first-order chi connectivity index (χ1) is 5.66. The predicted octanol–water partition coefficient (Wildman–Crippen LogP) is 1.15. The summed E-state index contributed by atoms with van der Waals surface area (Å²) >= 11 is 0. The summed E-state index contributed by atoms with van der Waals surface area (Å²) in [7, 11) is 3.78. The van der Waals surface area contributed by atoms with Gasteiger partial charge in [-0.1, -0.05) is 6.07 Å². The molecule has 0 amide bonds. The first-order valence-corrected chi connectivity index (χ1v) is 3.68. The van der Waals surface area contributed by atoms with Crippen LogP contribution in [0.15, 0.2) is 18.2 Å². The molecule has 0 spiro atoms. The van der Waals surface area contributed by atoms with E-state index in [9.17, 15) is 4.79 Å². The van der Waals surface area contributed by atoms with E-state index in [4.69, 9.17) is 5.73 Å². The van der Waals surface area contributed by atoms with Crippen LogP contribution in [0.3, 0.4) is 0 Å². The normalized spacial score (nSPS) is 9.50. The third kappa shape index (κ3) is 1.39. The highest BCUT2D eigenvalue weighted by molar-refractivity contribution is 5.89. The van der Waals surface area contributed by atoms with Gasteiger partial charge in [-0.3, -0.25) is 4.79 Å². The second-order valence-corrected chi connectivity index (χ2v) is 2.79. The lowest BCUT2D eigenvalue weighted by Crippen LogP contribution is -2.11. The molecule has 0 aromatic heterocycles. The fourth-order valence-corrected chi connectivity index (χ4v) is 1.06. The van der Waals surface area contributed by atoms with Crippen molar-refractivity contribution in [1.82, 2.24) is 0 Å². The molecule has 3 heteroatoms. The molecule has 0 aliphatic rings. The van der Waals surface area contributed by atoms with Crippen LogP contribution in [0.5, 0.6) is 0 Å². The van der Waals surface area contributed by atoms with Crippen LogP contribution in [0.1, 0.15) is 10.4 Å². The number of rotatable bonds is 2. The monoisotopic (exact) mass is 164 g/mol. The molecule has 0 saturated heterocycles. The van der Waals surface area contributed by atoms with Crippen molar-refractivity contribution in [2.45, 2.75) is 0 Å². The Bertz CT molecular complexity index is 295. The number of hydrogen-bond donors (Lipinski definition) is 1. The van der Waals surface area contributed by atoms with Gasteiger partial charge in [0.1, 0.15) is 0 Å². The van der Waals surface area contributed by atoms with Crippen molar-refractivity contribution in [2.24, 2.45) is 0 Å². The van der Waals surface area contributed by atoms with Gasteiger partial charge in [0.25, 0.3) is 0 Å². The number of nitrogens with two attached hydrogens (primary N) is 1. The van der Waals surface area contributed by atoms with Crippen LogP contribution in [0.25, 0.3) is 0 Å². The van der Waals surface area contributed by atoms with Crippen molar-refractivity contribution in [2.75, 3.05) is 24.7 Å². The summed E-state index contributed by atoms with van der Waals surface area (Å²) in [6.45, 7) is 0. The molecule has 0 aliphatic heterocycles. The third-order valence-electron chi connectivity index (χ3n) is 1.73. The maximum atomic E-state index is 10.5. The van der Waals surface area contributed by atoms with Crippen LogP contribution >= 0.6 is 0 Å². The van der Waals surface area contributed by atoms with E-state index < -0.39 is 0 Å². The average molecular weight is 164 g/mol. The molecule has 0 heterocycles. The number of anilines is 2. The molecule has 64 valence electrons. The summed E-state index contributed by atoms with van der Waals surface area (Å²) in [5.41, 5.74) is 7.68. The average Bonchev–Trinajstić information content (AvgIpc) is 2.04. The van der Waals surface area contributed by atoms with Gasteiger partial charge in [-0.25, -0.2) is 0 Å². The Kier molecular flexibility index (Phi) is 2.33. The minimum atomic E-state index is 0.539. The zero-order valence-electron chi connectivity index (χ0n) is 7.24. The van der Waals surface area contributed by atoms with Crippen LogP contribution in [-0.2, 0) is 0 Å². The number of nitrogens with zero attached hydrogens (tertiary/aromatic N) is 1. The maximum absolute atomic E-state index is 10.5. The fourth-order valence-electron chi connectivity index (χ4n) is 1.06. The lowest BCUT2D eigenvalue weighted by molar-refractivity contribution is 0.112. The largest absolute Gasteiger partial charge is 0.396 e. The predicted molar refractivity (Wildman–Crippen MR) is 50.6 cm³/mol. The molecule has 3 nitrogen and oxygen atoms in total. The molecule has 0 radical (unpaired) electrons. The topological polar surface area (TPSA) is 46.3 Å². The molecule has 0 atom stereocenters. The maximum Gasteiger partial charge on any atom is 0.152 e. The Morgan fingerprint density at radius 3 is 2.58 bits per heavy atom. The van der Waals surface area contributed by atoms with Gasteiger partial charge in [0, 0.05) is 19.7 Å². The van der Waals surface area contributed by atoms with E-state index in [-0.39, 0.29) is 0 Å². The molecule has 2 N–H and O–H groups in total. The summed E-state index contributed by atoms with van der Waals surface area (Å²) < 4.78 is 0. The fraction of sp³-hybridized carbons (Fsp3) is 0.222. The second-order valence-electron chi connectivity index (χ2n) is 2.79. The number of aldehydes is 1. The van der Waals surface area contributed by atoms with Gasteiger partial charge >= 0.3 is 0 Å². The Hall–Kier alpha value is -1.51. The van der Waals surface area contributed by atoms with Gasteiger partial charge in [0.05, 0.1) is 11.4 Å². The van der Waals surface area contributed by atoms with E-state index in [2.05, 4.69) is 0 Å². The van der Waals surface area contributed by atoms with Gasteiger partial charge < -0.3 is 10.6 Å². The summed E-state index contributed by atoms with van der Waals surface area (Å²) in [5.74, 6) is 0. The number of para-hydroxylation sites is 1. The Morgan fingerprint density at radius 1 is 1.42 bits per heavy atom. The Labute approximate surface area is 71.8 Å². The second kappa shape index (κ2) is 3.26. The number of nitrogen functional groups attached to an aromatic ring is 1. The van der Waals surface area contributed by atoms with Crippen LogP contribution in [0.4, 0.5) is 11.4 Å². The van der Waals surface area contributed by atoms with Crippen molar-refractivity contribution in [3.63, 3.8) is 0 Å². The summed E-state index contributed by atoms with van der Waals surface area (Å²) in [5, 5.41) is 0. The Balaban J connectivity index is 3.22. The smallest absolute Gasteiger partial charge is 0.152 e. The standard InChI is InChI=1S/C9H12N2O/c1-11(2)8-5-3-4-7(6-12)9(8)10/h3-6H,10H2,1-2H3. The lowest BCUT2D eigenvalue weighted by Gasteiger charge is -2.15. The SMILES string of the molecule is CN(C)c1cccc(C=O)c1N. The van der Waals surface area contributed by atoms with Gasteiger partial charge in [-0.15, -0.1) is 0 Å². The van der Waals surface area contributed by atoms with Crippen LogP contribution in [0.2, 0.25) is 0 Å². The van der Waals surface area contributed by atoms with E-state index >= 15 is 0 Å². The van der Waals surface area contributed by atoms with Gasteiger partial charge in [-0.05, 0) is 12.1 Å². The van der Waals surface area contributed by atoms with E-state index in [0.717, 1.165) is 12.0 Å². The highest BCUT2D eigenvalue weighted by Crippen LogP contribution is 2.23. The number of hydrogen-bond acceptors (Lipinski definition) is 3. The molecule has 1 rings (SSSR count). The minimum absolute atomic E-state index is 0.539. The molecule has 0 unspecified atom stereocenters. The lowest BCUT2D eigenvalue weighted by atomic mass is 10.1. The molecule has 0 aliphatic carbocycles. The third-order valence-corrected chi connectivity index (χ3v) is 1.73. The van der Waals surface area contributed by atoms with E-state index in [1.165, 1.54) is 0 Å². The molecular formula is C9H12N2O. The molecule has 12 heavy (non-hydrogen) atoms. The van der Waals surface area contributed by atoms with Crippen LogP contribution < -0.4 is 10.6 Å². The first kappa shape index (κ1) is 8.59. The summed E-state index contributed by atoms with van der Waals surface area (Å²) in [4.78, 5) is 12.4. The highest BCUT2D eigenvalue weighted by Gasteiger charge is 2.04. The van der Waals surface area contributed by atoms with Gasteiger partial charge in [0.2, 0.25) is 0 Å². The van der Waals surface area contributed by atoms with Crippen molar-refractivity contribution in [3.8, 4) is 0 Å². The minimum Gasteiger partial charge on any atom is -0.396 e. The van der Waals surface area contributed by atoms with Crippen LogP contribution in [0, 0.1) is 0 Å². The van der Waals surface area contributed by atoms with Crippen molar-refractivity contribution in [1.29, 1.82) is 0 Å². The zero-order valence-corrected chi connectivity index (χ0v) is 7.24. The number of carbonyl (C=O) groups is 1. The Morgan fingerprint density at radius 2 is 2.08 bits per heavy atom. The molecule has 0 bridgehead atoms. The van der Waals surface area contributed by atoms with E-state index in [1.807, 2.05) is 31.1 Å². The van der Waals surface area contributed by atoms with E-state index in [0.29, 0.717) is 11.3 Å². The molecular weight excluding hydrogens is 152 g/mol. The number of carbonyl (C=O) groups excluding carboxylic acids is 1. The van der Waals surface area contributed by atoms with Crippen LogP contribution in [-0.4, -0.2) is 20.4 Å². The first-order valence-electron chi connectivity index (χ1n) is 3.68. The summed E-state index contributed by atoms with van der Waals surface area (Å²) in [6, 6.07) is 5.40. The number of benzene rings is 1. The van der Waals surface area contributed by atoms with Gasteiger partial charge in [0.15, 0.2) is 6.29 Å². The highest BCUT2D eigenvalue weighted by atomic mass is 16.1.